The number of piperidine rings is 1. The Morgan fingerprint density at radius 2 is 2.14 bits per heavy atom. The van der Waals surface area contributed by atoms with Crippen LogP contribution in [0.1, 0.15) is 43.5 Å². The number of carbonyl (C=O) groups is 1. The van der Waals surface area contributed by atoms with Crippen molar-refractivity contribution in [1.82, 2.24) is 4.98 Å². The molecule has 120 valence electrons. The molecule has 2 heterocycles. The van der Waals surface area contributed by atoms with Gasteiger partial charge in [0.25, 0.3) is 11.6 Å². The lowest BCUT2D eigenvalue weighted by Gasteiger charge is -2.34. The quantitative estimate of drug-likeness (QED) is 0.664. The molecule has 0 saturated carbocycles. The van der Waals surface area contributed by atoms with Crippen molar-refractivity contribution in [1.29, 1.82) is 0 Å². The van der Waals surface area contributed by atoms with Crippen LogP contribution in [0, 0.1) is 22.0 Å². The number of pyridine rings is 1. The molecule has 1 aliphatic heterocycles. The van der Waals surface area contributed by atoms with Crippen LogP contribution in [0.25, 0.3) is 0 Å². The van der Waals surface area contributed by atoms with Crippen molar-refractivity contribution in [3.05, 3.63) is 27.9 Å². The highest BCUT2D eigenvalue weighted by Crippen LogP contribution is 2.29. The first kappa shape index (κ1) is 16.2. The summed E-state index contributed by atoms with van der Waals surface area (Å²) in [6.45, 7) is 6.02. The van der Waals surface area contributed by atoms with Crippen LogP contribution >= 0.6 is 0 Å². The van der Waals surface area contributed by atoms with Gasteiger partial charge in [-0.1, -0.05) is 13.8 Å². The Morgan fingerprint density at radius 3 is 2.64 bits per heavy atom. The first-order chi connectivity index (χ1) is 10.4. The highest BCUT2D eigenvalue weighted by Gasteiger charge is 2.25. The standard InChI is InChI=1S/C15H22N4O3/c1-10(2)7-11-3-5-18(6-4-11)15-13(14(16)20)8-12(9-17-15)19(21)22/h8-11H,3-7H2,1-2H3,(H2,16,20). The van der Waals surface area contributed by atoms with E-state index in [0.717, 1.165) is 25.9 Å². The van der Waals surface area contributed by atoms with E-state index in [9.17, 15) is 14.9 Å². The van der Waals surface area contributed by atoms with E-state index in [4.69, 9.17) is 5.73 Å². The van der Waals surface area contributed by atoms with Crippen LogP contribution in [0.4, 0.5) is 11.5 Å². The number of primary amides is 1. The highest BCUT2D eigenvalue weighted by atomic mass is 16.6. The highest BCUT2D eigenvalue weighted by molar-refractivity contribution is 5.98. The largest absolute Gasteiger partial charge is 0.365 e. The maximum absolute atomic E-state index is 11.6. The molecule has 22 heavy (non-hydrogen) atoms. The predicted molar refractivity (Wildman–Crippen MR) is 83.8 cm³/mol. The van der Waals surface area contributed by atoms with E-state index in [1.807, 2.05) is 4.90 Å². The van der Waals surface area contributed by atoms with E-state index < -0.39 is 10.8 Å². The fourth-order valence-corrected chi connectivity index (χ4v) is 3.03. The molecule has 2 rings (SSSR count). The third kappa shape index (κ3) is 3.72. The van der Waals surface area contributed by atoms with Gasteiger partial charge in [0, 0.05) is 19.2 Å². The summed E-state index contributed by atoms with van der Waals surface area (Å²) in [4.78, 5) is 27.9. The Labute approximate surface area is 129 Å². The van der Waals surface area contributed by atoms with Crippen molar-refractivity contribution >= 4 is 17.4 Å². The molecule has 0 bridgehead atoms. The average Bonchev–Trinajstić information content (AvgIpc) is 2.46. The summed E-state index contributed by atoms with van der Waals surface area (Å²) in [6, 6.07) is 1.21. The van der Waals surface area contributed by atoms with E-state index in [1.54, 1.807) is 0 Å². The van der Waals surface area contributed by atoms with Crippen molar-refractivity contribution in [2.75, 3.05) is 18.0 Å². The number of aromatic nitrogens is 1. The lowest BCUT2D eigenvalue weighted by molar-refractivity contribution is -0.385. The SMILES string of the molecule is CC(C)CC1CCN(c2ncc([N+](=O)[O-])cc2C(N)=O)CC1. The molecule has 0 radical (unpaired) electrons. The van der Waals surface area contributed by atoms with Crippen molar-refractivity contribution < 1.29 is 9.72 Å². The van der Waals surface area contributed by atoms with Gasteiger partial charge in [0.1, 0.15) is 12.0 Å². The lowest BCUT2D eigenvalue weighted by Crippen LogP contribution is -2.36. The number of hydrogen-bond acceptors (Lipinski definition) is 5. The van der Waals surface area contributed by atoms with Crippen molar-refractivity contribution in [3.63, 3.8) is 0 Å². The molecule has 1 saturated heterocycles. The summed E-state index contributed by atoms with van der Waals surface area (Å²) in [7, 11) is 0. The summed E-state index contributed by atoms with van der Waals surface area (Å²) in [6.07, 6.45) is 4.45. The van der Waals surface area contributed by atoms with Crippen LogP contribution in [0.15, 0.2) is 12.3 Å². The van der Waals surface area contributed by atoms with Gasteiger partial charge in [0.2, 0.25) is 0 Å². The minimum Gasteiger partial charge on any atom is -0.365 e. The summed E-state index contributed by atoms with van der Waals surface area (Å²) in [5, 5.41) is 10.8. The van der Waals surface area contributed by atoms with E-state index in [-0.39, 0.29) is 11.3 Å². The van der Waals surface area contributed by atoms with Crippen LogP contribution in [0.5, 0.6) is 0 Å². The maximum Gasteiger partial charge on any atom is 0.288 e. The van der Waals surface area contributed by atoms with Crippen molar-refractivity contribution in [2.24, 2.45) is 17.6 Å². The van der Waals surface area contributed by atoms with Gasteiger partial charge < -0.3 is 10.6 Å². The Morgan fingerprint density at radius 1 is 1.50 bits per heavy atom. The fourth-order valence-electron chi connectivity index (χ4n) is 3.03. The topological polar surface area (TPSA) is 102 Å². The number of hydrogen-bond donors (Lipinski definition) is 1. The fraction of sp³-hybridized carbons (Fsp3) is 0.600. The van der Waals surface area contributed by atoms with Gasteiger partial charge >= 0.3 is 0 Å². The molecule has 1 aliphatic rings. The van der Waals surface area contributed by atoms with Crippen LogP contribution in [0.3, 0.4) is 0 Å². The average molecular weight is 306 g/mol. The molecule has 0 unspecified atom stereocenters. The number of rotatable bonds is 5. The number of amides is 1. The molecule has 0 aliphatic carbocycles. The molecule has 1 aromatic heterocycles. The lowest BCUT2D eigenvalue weighted by atomic mass is 9.88. The second-order valence-corrected chi connectivity index (χ2v) is 6.25. The van der Waals surface area contributed by atoms with Crippen LogP contribution in [-0.2, 0) is 0 Å². The Balaban J connectivity index is 2.16. The molecule has 2 N–H and O–H groups in total. The first-order valence-corrected chi connectivity index (χ1v) is 7.57. The second kappa shape index (κ2) is 6.72. The zero-order valence-electron chi connectivity index (χ0n) is 13.0. The van der Waals surface area contributed by atoms with Gasteiger partial charge in [-0.05, 0) is 31.1 Å². The summed E-state index contributed by atoms with van der Waals surface area (Å²) in [5.41, 5.74) is 5.26. The van der Waals surface area contributed by atoms with E-state index >= 15 is 0 Å². The Hall–Kier alpha value is -2.18. The van der Waals surface area contributed by atoms with Crippen LogP contribution in [0.2, 0.25) is 0 Å². The Kier molecular flexibility index (Phi) is 4.95. The van der Waals surface area contributed by atoms with Crippen LogP contribution in [-0.4, -0.2) is 28.9 Å². The normalized spacial score (nSPS) is 16.0. The van der Waals surface area contributed by atoms with Gasteiger partial charge in [-0.25, -0.2) is 4.98 Å². The number of nitrogens with two attached hydrogens (primary N) is 1. The number of carbonyl (C=O) groups excluding carboxylic acids is 1. The zero-order chi connectivity index (χ0) is 16.3. The molecule has 7 nitrogen and oxygen atoms in total. The van der Waals surface area contributed by atoms with Gasteiger partial charge in [-0.2, -0.15) is 0 Å². The summed E-state index contributed by atoms with van der Waals surface area (Å²) < 4.78 is 0. The molecule has 0 atom stereocenters. The minimum atomic E-state index is -0.685. The van der Waals surface area contributed by atoms with E-state index in [0.29, 0.717) is 17.7 Å². The van der Waals surface area contributed by atoms with Crippen molar-refractivity contribution in [3.8, 4) is 0 Å². The zero-order valence-corrected chi connectivity index (χ0v) is 13.0. The predicted octanol–water partition coefficient (Wildman–Crippen LogP) is 2.35. The number of nitrogens with zero attached hydrogens (tertiary/aromatic N) is 3. The minimum absolute atomic E-state index is 0.122. The van der Waals surface area contributed by atoms with Crippen LogP contribution < -0.4 is 10.6 Å². The molecular weight excluding hydrogens is 284 g/mol. The molecule has 7 heteroatoms. The summed E-state index contributed by atoms with van der Waals surface area (Å²) >= 11 is 0. The van der Waals surface area contributed by atoms with Gasteiger partial charge in [0.15, 0.2) is 0 Å². The molecule has 0 aromatic carbocycles. The monoisotopic (exact) mass is 306 g/mol. The number of anilines is 1. The second-order valence-electron chi connectivity index (χ2n) is 6.25. The van der Waals surface area contributed by atoms with Gasteiger partial charge in [-0.3, -0.25) is 14.9 Å². The van der Waals surface area contributed by atoms with E-state index in [1.165, 1.54) is 18.7 Å². The Bertz CT molecular complexity index is 566. The molecule has 0 spiro atoms. The number of nitro groups is 1. The molecule has 1 aromatic rings. The van der Waals surface area contributed by atoms with E-state index in [2.05, 4.69) is 18.8 Å². The first-order valence-electron chi connectivity index (χ1n) is 7.57. The molecular formula is C15H22N4O3. The smallest absolute Gasteiger partial charge is 0.288 e. The molecule has 1 amide bonds. The van der Waals surface area contributed by atoms with Crippen molar-refractivity contribution in [2.45, 2.75) is 33.1 Å². The third-order valence-electron chi connectivity index (χ3n) is 4.05. The van der Waals surface area contributed by atoms with Gasteiger partial charge in [0.05, 0.1) is 10.5 Å². The molecule has 1 fully saturated rings. The maximum atomic E-state index is 11.6. The van der Waals surface area contributed by atoms with Gasteiger partial charge in [-0.15, -0.1) is 0 Å². The summed E-state index contributed by atoms with van der Waals surface area (Å²) in [5.74, 6) is 1.14. The third-order valence-corrected chi connectivity index (χ3v) is 4.05.